The van der Waals surface area contributed by atoms with Gasteiger partial charge in [-0.25, -0.2) is 0 Å². The molecule has 0 saturated carbocycles. The van der Waals surface area contributed by atoms with Crippen LogP contribution in [0.1, 0.15) is 18.9 Å². The van der Waals surface area contributed by atoms with Crippen molar-refractivity contribution in [1.29, 1.82) is 0 Å². The third-order valence-electron chi connectivity index (χ3n) is 4.26. The maximum Gasteiger partial charge on any atom is 0.308 e. The number of para-hydroxylation sites is 2. The van der Waals surface area contributed by atoms with E-state index in [4.69, 9.17) is 21.7 Å². The van der Waals surface area contributed by atoms with Gasteiger partial charge in [0.25, 0.3) is 5.91 Å². The summed E-state index contributed by atoms with van der Waals surface area (Å²) in [5, 5.41) is 2.70. The number of ether oxygens (including phenoxy) is 2. The summed E-state index contributed by atoms with van der Waals surface area (Å²) >= 11 is 6.52. The first-order chi connectivity index (χ1) is 14.9. The summed E-state index contributed by atoms with van der Waals surface area (Å²) in [6.45, 7) is 1.43. The van der Waals surface area contributed by atoms with Crippen LogP contribution in [0.3, 0.4) is 0 Å². The smallest absolute Gasteiger partial charge is 0.308 e. The summed E-state index contributed by atoms with van der Waals surface area (Å²) in [4.78, 5) is 38.2. The number of rotatable bonds is 7. The number of carbonyl (C=O) groups is 3. The van der Waals surface area contributed by atoms with Gasteiger partial charge in [-0.15, -0.1) is 0 Å². The van der Waals surface area contributed by atoms with Crippen molar-refractivity contribution in [2.75, 3.05) is 19.0 Å². The molecule has 2 aromatic carbocycles. The fourth-order valence-electron chi connectivity index (χ4n) is 2.78. The largest absolute Gasteiger partial charge is 0.497 e. The first-order valence-corrected chi connectivity index (χ1v) is 10.6. The normalized spacial score (nSPS) is 14.6. The quantitative estimate of drug-likeness (QED) is 0.293. The van der Waals surface area contributed by atoms with E-state index in [0.29, 0.717) is 14.9 Å². The molecule has 1 N–H and O–H groups in total. The second-order valence-electron chi connectivity index (χ2n) is 6.49. The SMILES string of the molecule is COc1ccc(/C=C2/SC(=S)N(CCC(=O)Nc3ccccc3OC(C)=O)C2=O)cc1. The Morgan fingerprint density at radius 2 is 1.87 bits per heavy atom. The lowest BCUT2D eigenvalue weighted by Crippen LogP contribution is -2.31. The fraction of sp³-hybridized carbons (Fsp3) is 0.182. The van der Waals surface area contributed by atoms with E-state index in [1.165, 1.54) is 23.6 Å². The number of thiocarbonyl (C=S) groups is 1. The standard InChI is InChI=1S/C22H20N2O5S2/c1-14(25)29-18-6-4-3-5-17(18)23-20(26)11-12-24-21(27)19(31-22(24)30)13-15-7-9-16(28-2)10-8-15/h3-10,13H,11-12H2,1-2H3,(H,23,26)/b19-13+. The average Bonchev–Trinajstić information content (AvgIpc) is 3.00. The second kappa shape index (κ2) is 10.2. The lowest BCUT2D eigenvalue weighted by atomic mass is 10.2. The van der Waals surface area contributed by atoms with E-state index >= 15 is 0 Å². The molecule has 0 atom stereocenters. The summed E-state index contributed by atoms with van der Waals surface area (Å²) < 4.78 is 10.6. The third kappa shape index (κ3) is 5.93. The average molecular weight is 457 g/mol. The van der Waals surface area contributed by atoms with Crippen LogP contribution in [0.4, 0.5) is 5.69 Å². The Bertz CT molecular complexity index is 1050. The van der Waals surface area contributed by atoms with Crippen LogP contribution in [0.15, 0.2) is 53.4 Å². The minimum absolute atomic E-state index is 0.0384. The van der Waals surface area contributed by atoms with E-state index in [1.807, 2.05) is 24.3 Å². The topological polar surface area (TPSA) is 84.9 Å². The van der Waals surface area contributed by atoms with E-state index in [9.17, 15) is 14.4 Å². The van der Waals surface area contributed by atoms with Crippen LogP contribution >= 0.6 is 24.0 Å². The van der Waals surface area contributed by atoms with Crippen LogP contribution < -0.4 is 14.8 Å². The number of carbonyl (C=O) groups excluding carboxylic acids is 3. The lowest BCUT2D eigenvalue weighted by Gasteiger charge is -2.15. The Morgan fingerprint density at radius 1 is 1.16 bits per heavy atom. The zero-order valence-corrected chi connectivity index (χ0v) is 18.5. The van der Waals surface area contributed by atoms with Gasteiger partial charge in [0.2, 0.25) is 5.91 Å². The molecule has 160 valence electrons. The Morgan fingerprint density at radius 3 is 2.55 bits per heavy atom. The van der Waals surface area contributed by atoms with E-state index < -0.39 is 5.97 Å². The summed E-state index contributed by atoms with van der Waals surface area (Å²) in [7, 11) is 1.59. The van der Waals surface area contributed by atoms with Gasteiger partial charge in [-0.05, 0) is 35.9 Å². The number of benzene rings is 2. The van der Waals surface area contributed by atoms with E-state index in [-0.39, 0.29) is 30.5 Å². The van der Waals surface area contributed by atoms with Gasteiger partial charge < -0.3 is 14.8 Å². The monoisotopic (exact) mass is 456 g/mol. The summed E-state index contributed by atoms with van der Waals surface area (Å²) in [6.07, 6.45) is 1.80. The highest BCUT2D eigenvalue weighted by atomic mass is 32.2. The predicted octanol–water partition coefficient (Wildman–Crippen LogP) is 3.85. The molecule has 0 radical (unpaired) electrons. The molecule has 0 spiro atoms. The highest BCUT2D eigenvalue weighted by molar-refractivity contribution is 8.26. The number of nitrogens with zero attached hydrogens (tertiary/aromatic N) is 1. The van der Waals surface area contributed by atoms with Crippen LogP contribution in [0.5, 0.6) is 11.5 Å². The highest BCUT2D eigenvalue weighted by Crippen LogP contribution is 2.33. The third-order valence-corrected chi connectivity index (χ3v) is 5.64. The number of hydrogen-bond donors (Lipinski definition) is 1. The molecule has 2 aromatic rings. The van der Waals surface area contributed by atoms with Crippen molar-refractivity contribution in [2.45, 2.75) is 13.3 Å². The molecule has 1 aliphatic rings. The molecule has 9 heteroatoms. The number of amides is 2. The minimum Gasteiger partial charge on any atom is -0.497 e. The van der Waals surface area contributed by atoms with Gasteiger partial charge in [-0.2, -0.15) is 0 Å². The summed E-state index contributed by atoms with van der Waals surface area (Å²) in [5.41, 5.74) is 1.23. The first-order valence-electron chi connectivity index (χ1n) is 9.34. The van der Waals surface area contributed by atoms with E-state index in [1.54, 1.807) is 37.5 Å². The van der Waals surface area contributed by atoms with Crippen LogP contribution in [-0.4, -0.2) is 40.7 Å². The van der Waals surface area contributed by atoms with Crippen LogP contribution in [0.25, 0.3) is 6.08 Å². The summed E-state index contributed by atoms with van der Waals surface area (Å²) in [6, 6.07) is 13.9. The molecular formula is C22H20N2O5S2. The maximum absolute atomic E-state index is 12.7. The highest BCUT2D eigenvalue weighted by Gasteiger charge is 2.32. The molecule has 1 heterocycles. The van der Waals surface area contributed by atoms with Gasteiger partial charge in [-0.1, -0.05) is 48.2 Å². The molecule has 0 unspecified atom stereocenters. The van der Waals surface area contributed by atoms with Crippen molar-refractivity contribution in [1.82, 2.24) is 4.90 Å². The fourth-order valence-corrected chi connectivity index (χ4v) is 4.09. The van der Waals surface area contributed by atoms with Crippen LogP contribution in [0.2, 0.25) is 0 Å². The van der Waals surface area contributed by atoms with Gasteiger partial charge in [0.15, 0.2) is 5.75 Å². The van der Waals surface area contributed by atoms with Crippen molar-refractivity contribution >= 4 is 57.8 Å². The van der Waals surface area contributed by atoms with Crippen molar-refractivity contribution in [3.63, 3.8) is 0 Å². The second-order valence-corrected chi connectivity index (χ2v) is 8.17. The van der Waals surface area contributed by atoms with Gasteiger partial charge >= 0.3 is 5.97 Å². The molecule has 0 aromatic heterocycles. The zero-order valence-electron chi connectivity index (χ0n) is 16.9. The van der Waals surface area contributed by atoms with Crippen LogP contribution in [-0.2, 0) is 14.4 Å². The van der Waals surface area contributed by atoms with Crippen LogP contribution in [0, 0.1) is 0 Å². The zero-order chi connectivity index (χ0) is 22.4. The predicted molar refractivity (Wildman–Crippen MR) is 124 cm³/mol. The van der Waals surface area contributed by atoms with Crippen molar-refractivity contribution in [3.05, 3.63) is 59.0 Å². The number of esters is 1. The molecule has 31 heavy (non-hydrogen) atoms. The van der Waals surface area contributed by atoms with Crippen molar-refractivity contribution in [3.8, 4) is 11.5 Å². The number of methoxy groups -OCH3 is 1. The molecule has 1 saturated heterocycles. The minimum atomic E-state index is -0.483. The first kappa shape index (κ1) is 22.5. The number of nitrogens with one attached hydrogen (secondary N) is 1. The van der Waals surface area contributed by atoms with E-state index in [2.05, 4.69) is 5.32 Å². The Kier molecular flexibility index (Phi) is 7.43. The molecule has 7 nitrogen and oxygen atoms in total. The summed E-state index contributed by atoms with van der Waals surface area (Å²) in [5.74, 6) is -0.0583. The Balaban J connectivity index is 1.61. The Labute approximate surface area is 189 Å². The molecule has 1 aliphatic heterocycles. The number of anilines is 1. The van der Waals surface area contributed by atoms with Crippen molar-refractivity contribution in [2.24, 2.45) is 0 Å². The van der Waals surface area contributed by atoms with E-state index in [0.717, 1.165) is 11.3 Å². The number of thioether (sulfide) groups is 1. The Hall–Kier alpha value is -3.17. The molecule has 0 bridgehead atoms. The van der Waals surface area contributed by atoms with Gasteiger partial charge in [0, 0.05) is 19.9 Å². The maximum atomic E-state index is 12.7. The number of hydrogen-bond acceptors (Lipinski definition) is 7. The molecular weight excluding hydrogens is 436 g/mol. The molecule has 2 amide bonds. The van der Waals surface area contributed by atoms with Gasteiger partial charge in [0.05, 0.1) is 17.7 Å². The molecule has 1 fully saturated rings. The van der Waals surface area contributed by atoms with Crippen molar-refractivity contribution < 1.29 is 23.9 Å². The lowest BCUT2D eigenvalue weighted by molar-refractivity contribution is -0.132. The van der Waals surface area contributed by atoms with Gasteiger partial charge in [0.1, 0.15) is 10.1 Å². The molecule has 0 aliphatic carbocycles. The molecule has 3 rings (SSSR count). The van der Waals surface area contributed by atoms with Gasteiger partial charge in [-0.3, -0.25) is 19.3 Å².